The Morgan fingerprint density at radius 3 is 0.694 bits per heavy atom. The molecule has 0 bridgehead atoms. The van der Waals surface area contributed by atoms with Crippen LogP contribution < -0.4 is 43.4 Å². The fourth-order valence-corrected chi connectivity index (χ4v) is 4.09. The molecule has 0 rings (SSSR count). The molecule has 0 saturated carbocycles. The predicted molar refractivity (Wildman–Crippen MR) is 160 cm³/mol. The SMILES string of the molecule is NCCCNCCCCNCCCNCCCCCCCCNCCCNCCCCNCCCN. The second kappa shape index (κ2) is 34.7. The molecule has 36 heavy (non-hydrogen) atoms. The number of nitrogens with two attached hydrogens (primary N) is 2. The van der Waals surface area contributed by atoms with Gasteiger partial charge in [0.25, 0.3) is 0 Å². The maximum Gasteiger partial charge on any atom is -0.00368 e. The van der Waals surface area contributed by atoms with Gasteiger partial charge in [-0.3, -0.25) is 0 Å². The lowest BCUT2D eigenvalue weighted by Crippen LogP contribution is -2.24. The van der Waals surface area contributed by atoms with Crippen LogP contribution in [0.2, 0.25) is 0 Å². The van der Waals surface area contributed by atoms with E-state index in [4.69, 9.17) is 11.5 Å². The van der Waals surface area contributed by atoms with E-state index < -0.39 is 0 Å². The van der Waals surface area contributed by atoms with E-state index in [2.05, 4.69) is 31.9 Å². The van der Waals surface area contributed by atoms with Gasteiger partial charge < -0.3 is 43.4 Å². The van der Waals surface area contributed by atoms with Gasteiger partial charge in [0, 0.05) is 0 Å². The minimum absolute atomic E-state index is 0.788. The summed E-state index contributed by atoms with van der Waals surface area (Å²) < 4.78 is 0. The molecule has 10 N–H and O–H groups in total. The molecule has 0 amide bonds. The van der Waals surface area contributed by atoms with Crippen LogP contribution in [0.4, 0.5) is 0 Å². The van der Waals surface area contributed by atoms with Gasteiger partial charge in [-0.25, -0.2) is 0 Å². The van der Waals surface area contributed by atoms with Gasteiger partial charge in [0.05, 0.1) is 0 Å². The molecule has 0 heterocycles. The first-order chi connectivity index (χ1) is 17.9. The van der Waals surface area contributed by atoms with Crippen LogP contribution in [0, 0.1) is 0 Å². The van der Waals surface area contributed by atoms with Crippen molar-refractivity contribution in [3.05, 3.63) is 0 Å². The molecule has 0 unspecified atom stereocenters. The minimum atomic E-state index is 0.788. The molecular formula is C28H66N8. The minimum Gasteiger partial charge on any atom is -0.330 e. The van der Waals surface area contributed by atoms with Crippen molar-refractivity contribution in [3.63, 3.8) is 0 Å². The van der Waals surface area contributed by atoms with E-state index in [1.54, 1.807) is 0 Å². The number of rotatable bonds is 33. The summed E-state index contributed by atoms with van der Waals surface area (Å²) in [5.74, 6) is 0. The highest BCUT2D eigenvalue weighted by molar-refractivity contribution is 4.57. The summed E-state index contributed by atoms with van der Waals surface area (Å²) in [6, 6.07) is 0. The second-order valence-electron chi connectivity index (χ2n) is 10.0. The molecule has 0 aromatic heterocycles. The quantitative estimate of drug-likeness (QED) is 0.0625. The standard InChI is InChI=1S/C28H66N8/c29-15-11-23-31-19-7-9-21-35-27-13-25-33-17-5-3-1-2-4-6-18-34-26-14-28-36-22-10-8-20-32-24-12-16-30/h31-36H,1-30H2. The van der Waals surface area contributed by atoms with Gasteiger partial charge in [-0.1, -0.05) is 25.7 Å². The number of hydrogen-bond acceptors (Lipinski definition) is 8. The van der Waals surface area contributed by atoms with Crippen molar-refractivity contribution in [1.82, 2.24) is 31.9 Å². The Hall–Kier alpha value is -0.320. The Morgan fingerprint density at radius 1 is 0.222 bits per heavy atom. The Bertz CT molecular complexity index is 339. The average molecular weight is 515 g/mol. The van der Waals surface area contributed by atoms with Gasteiger partial charge in [0.15, 0.2) is 0 Å². The maximum atomic E-state index is 5.48. The number of unbranched alkanes of at least 4 members (excludes halogenated alkanes) is 7. The molecule has 0 aromatic rings. The van der Waals surface area contributed by atoms with Crippen LogP contribution in [0.1, 0.15) is 89.9 Å². The van der Waals surface area contributed by atoms with Gasteiger partial charge in [0.2, 0.25) is 0 Å². The summed E-state index contributed by atoms with van der Waals surface area (Å²) in [6.45, 7) is 15.1. The molecule has 0 saturated heterocycles. The fraction of sp³-hybridized carbons (Fsp3) is 1.00. The normalized spacial score (nSPS) is 11.5. The molecule has 0 aliphatic carbocycles. The molecule has 0 spiro atoms. The summed E-state index contributed by atoms with van der Waals surface area (Å²) in [6.07, 6.45) is 17.8. The molecule has 218 valence electrons. The average Bonchev–Trinajstić information content (AvgIpc) is 2.89. The second-order valence-corrected chi connectivity index (χ2v) is 10.0. The lowest BCUT2D eigenvalue weighted by molar-refractivity contribution is 0.528. The highest BCUT2D eigenvalue weighted by Crippen LogP contribution is 2.04. The van der Waals surface area contributed by atoms with Crippen LogP contribution in [0.3, 0.4) is 0 Å². The largest absolute Gasteiger partial charge is 0.330 e. The van der Waals surface area contributed by atoms with Gasteiger partial charge >= 0.3 is 0 Å². The first-order valence-corrected chi connectivity index (χ1v) is 15.6. The smallest absolute Gasteiger partial charge is 0.00368 e. The Morgan fingerprint density at radius 2 is 0.417 bits per heavy atom. The van der Waals surface area contributed by atoms with Crippen LogP contribution in [-0.2, 0) is 0 Å². The molecule has 8 heteroatoms. The van der Waals surface area contributed by atoms with Crippen LogP contribution in [-0.4, -0.2) is 91.6 Å². The molecule has 0 aliphatic rings. The van der Waals surface area contributed by atoms with Crippen molar-refractivity contribution in [3.8, 4) is 0 Å². The lowest BCUT2D eigenvalue weighted by Gasteiger charge is -2.08. The summed E-state index contributed by atoms with van der Waals surface area (Å²) in [5, 5.41) is 21.2. The predicted octanol–water partition coefficient (Wildman–Crippen LogP) is 1.90. The third kappa shape index (κ3) is 33.7. The molecule has 0 aromatic carbocycles. The van der Waals surface area contributed by atoms with Crippen LogP contribution in [0.15, 0.2) is 0 Å². The maximum absolute atomic E-state index is 5.48. The van der Waals surface area contributed by atoms with Gasteiger partial charge in [-0.15, -0.1) is 0 Å². The first kappa shape index (κ1) is 35.7. The van der Waals surface area contributed by atoms with Crippen molar-refractivity contribution in [2.45, 2.75) is 89.9 Å². The van der Waals surface area contributed by atoms with E-state index in [1.807, 2.05) is 0 Å². The molecular weight excluding hydrogens is 448 g/mol. The van der Waals surface area contributed by atoms with E-state index >= 15 is 0 Å². The number of nitrogens with one attached hydrogen (secondary N) is 6. The Labute approximate surface area is 225 Å². The van der Waals surface area contributed by atoms with Gasteiger partial charge in [-0.05, 0) is 156 Å². The molecule has 0 radical (unpaired) electrons. The zero-order chi connectivity index (χ0) is 26.0. The third-order valence-electron chi connectivity index (χ3n) is 6.40. The van der Waals surface area contributed by atoms with Crippen molar-refractivity contribution in [2.75, 3.05) is 91.6 Å². The zero-order valence-electron chi connectivity index (χ0n) is 24.0. The summed E-state index contributed by atoms with van der Waals surface area (Å²) in [7, 11) is 0. The number of hydrogen-bond donors (Lipinski definition) is 8. The highest BCUT2D eigenvalue weighted by atomic mass is 14.9. The van der Waals surface area contributed by atoms with Crippen molar-refractivity contribution in [1.29, 1.82) is 0 Å². The van der Waals surface area contributed by atoms with Crippen LogP contribution >= 0.6 is 0 Å². The van der Waals surface area contributed by atoms with Crippen molar-refractivity contribution in [2.24, 2.45) is 11.5 Å². The van der Waals surface area contributed by atoms with Crippen LogP contribution in [0.25, 0.3) is 0 Å². The van der Waals surface area contributed by atoms with E-state index in [0.717, 1.165) is 91.4 Å². The summed E-state index contributed by atoms with van der Waals surface area (Å²) >= 11 is 0. The first-order valence-electron chi connectivity index (χ1n) is 15.6. The zero-order valence-corrected chi connectivity index (χ0v) is 24.0. The Kier molecular flexibility index (Phi) is 34.4. The van der Waals surface area contributed by atoms with E-state index in [9.17, 15) is 0 Å². The monoisotopic (exact) mass is 515 g/mol. The van der Waals surface area contributed by atoms with Gasteiger partial charge in [-0.2, -0.15) is 0 Å². The Balaban J connectivity index is 3.00. The molecule has 8 nitrogen and oxygen atoms in total. The fourth-order valence-electron chi connectivity index (χ4n) is 4.09. The van der Waals surface area contributed by atoms with Crippen molar-refractivity contribution < 1.29 is 0 Å². The van der Waals surface area contributed by atoms with E-state index in [0.29, 0.717) is 0 Å². The third-order valence-corrected chi connectivity index (χ3v) is 6.40. The molecule has 0 atom stereocenters. The molecule has 0 aliphatic heterocycles. The van der Waals surface area contributed by atoms with Crippen molar-refractivity contribution >= 4 is 0 Å². The highest BCUT2D eigenvalue weighted by Gasteiger charge is 1.95. The summed E-state index contributed by atoms with van der Waals surface area (Å²) in [4.78, 5) is 0. The van der Waals surface area contributed by atoms with E-state index in [-0.39, 0.29) is 0 Å². The topological polar surface area (TPSA) is 124 Å². The van der Waals surface area contributed by atoms with E-state index in [1.165, 1.54) is 90.1 Å². The summed E-state index contributed by atoms with van der Waals surface area (Å²) in [5.41, 5.74) is 11.0. The van der Waals surface area contributed by atoms with Gasteiger partial charge in [0.1, 0.15) is 0 Å². The molecule has 0 fully saturated rings. The lowest BCUT2D eigenvalue weighted by atomic mass is 10.1. The van der Waals surface area contributed by atoms with Crippen LogP contribution in [0.5, 0.6) is 0 Å².